The molecule has 1 unspecified atom stereocenters. The fourth-order valence-corrected chi connectivity index (χ4v) is 2.26. The average Bonchev–Trinajstić information content (AvgIpc) is 2.88. The van der Waals surface area contributed by atoms with Gasteiger partial charge in [0, 0.05) is 32.3 Å². The van der Waals surface area contributed by atoms with E-state index in [9.17, 15) is 0 Å². The Labute approximate surface area is 119 Å². The molecule has 0 aliphatic rings. The van der Waals surface area contributed by atoms with E-state index in [0.29, 0.717) is 12.6 Å². The number of pyridine rings is 1. The number of fused-ring (bicyclic) bond motifs is 1. The summed E-state index contributed by atoms with van der Waals surface area (Å²) in [5.74, 6) is 0.975. The third-order valence-electron chi connectivity index (χ3n) is 3.29. The van der Waals surface area contributed by atoms with Crippen LogP contribution in [-0.2, 0) is 11.2 Å². The van der Waals surface area contributed by atoms with Crippen LogP contribution < -0.4 is 11.1 Å². The van der Waals surface area contributed by atoms with E-state index in [-0.39, 0.29) is 0 Å². The first kappa shape index (κ1) is 14.9. The molecule has 2 rings (SSSR count). The van der Waals surface area contributed by atoms with Crippen LogP contribution in [0.3, 0.4) is 0 Å². The van der Waals surface area contributed by atoms with Crippen LogP contribution in [0, 0.1) is 0 Å². The normalized spacial score (nSPS) is 12.9. The van der Waals surface area contributed by atoms with E-state index in [0.717, 1.165) is 43.8 Å². The Balaban J connectivity index is 1.84. The maximum atomic E-state index is 5.55. The molecular formula is C14H23N5O. The predicted molar refractivity (Wildman–Crippen MR) is 78.6 cm³/mol. The van der Waals surface area contributed by atoms with Gasteiger partial charge in [0.05, 0.1) is 6.61 Å². The smallest absolute Gasteiger partial charge is 0.160 e. The van der Waals surface area contributed by atoms with Gasteiger partial charge < -0.3 is 15.8 Å². The number of methoxy groups -OCH3 is 1. The Morgan fingerprint density at radius 2 is 2.30 bits per heavy atom. The Morgan fingerprint density at radius 3 is 3.10 bits per heavy atom. The maximum absolute atomic E-state index is 5.55. The second-order valence-corrected chi connectivity index (χ2v) is 4.83. The molecule has 0 spiro atoms. The highest BCUT2D eigenvalue weighted by atomic mass is 16.5. The van der Waals surface area contributed by atoms with E-state index < -0.39 is 0 Å². The van der Waals surface area contributed by atoms with Gasteiger partial charge in [-0.15, -0.1) is 10.2 Å². The molecule has 0 fully saturated rings. The molecule has 0 amide bonds. The molecule has 0 aliphatic carbocycles. The monoisotopic (exact) mass is 277 g/mol. The third kappa shape index (κ3) is 4.00. The number of rotatable bonds is 9. The number of nitrogens with two attached hydrogens (primary N) is 1. The first-order chi connectivity index (χ1) is 9.85. The van der Waals surface area contributed by atoms with Gasteiger partial charge in [0.25, 0.3) is 0 Å². The number of nitrogens with zero attached hydrogens (tertiary/aromatic N) is 3. The van der Waals surface area contributed by atoms with E-state index in [4.69, 9.17) is 10.5 Å². The minimum Gasteiger partial charge on any atom is -0.383 e. The van der Waals surface area contributed by atoms with Gasteiger partial charge in [-0.25, -0.2) is 0 Å². The van der Waals surface area contributed by atoms with Crippen LogP contribution in [0.4, 0.5) is 0 Å². The SMILES string of the molecule is COCC(CCCN)NCCc1nnc2ccccn12. The number of hydrogen-bond acceptors (Lipinski definition) is 5. The molecule has 20 heavy (non-hydrogen) atoms. The van der Waals surface area contributed by atoms with E-state index in [1.165, 1.54) is 0 Å². The summed E-state index contributed by atoms with van der Waals surface area (Å²) in [4.78, 5) is 0. The topological polar surface area (TPSA) is 77.5 Å². The summed E-state index contributed by atoms with van der Waals surface area (Å²) in [7, 11) is 1.73. The summed E-state index contributed by atoms with van der Waals surface area (Å²) in [6, 6.07) is 6.26. The largest absolute Gasteiger partial charge is 0.383 e. The lowest BCUT2D eigenvalue weighted by Crippen LogP contribution is -2.35. The molecular weight excluding hydrogens is 254 g/mol. The summed E-state index contributed by atoms with van der Waals surface area (Å²) < 4.78 is 7.24. The van der Waals surface area contributed by atoms with E-state index in [2.05, 4.69) is 15.5 Å². The van der Waals surface area contributed by atoms with Crippen molar-refractivity contribution in [2.45, 2.75) is 25.3 Å². The molecule has 0 saturated carbocycles. The van der Waals surface area contributed by atoms with Gasteiger partial charge in [-0.1, -0.05) is 6.07 Å². The second-order valence-electron chi connectivity index (χ2n) is 4.83. The number of nitrogens with one attached hydrogen (secondary N) is 1. The van der Waals surface area contributed by atoms with Crippen LogP contribution in [0.2, 0.25) is 0 Å². The van der Waals surface area contributed by atoms with Crippen LogP contribution in [0.15, 0.2) is 24.4 Å². The highest BCUT2D eigenvalue weighted by Crippen LogP contribution is 2.03. The standard InChI is InChI=1S/C14H23N5O/c1-20-11-12(5-4-8-15)16-9-7-14-18-17-13-6-2-3-10-19(13)14/h2-3,6,10,12,16H,4-5,7-9,11,15H2,1H3. The van der Waals surface area contributed by atoms with Crippen molar-refractivity contribution < 1.29 is 4.74 Å². The highest BCUT2D eigenvalue weighted by molar-refractivity contribution is 5.36. The average molecular weight is 277 g/mol. The van der Waals surface area contributed by atoms with Gasteiger partial charge in [0.2, 0.25) is 0 Å². The Morgan fingerprint density at radius 1 is 1.40 bits per heavy atom. The van der Waals surface area contributed by atoms with Gasteiger partial charge in [0.15, 0.2) is 5.65 Å². The first-order valence-electron chi connectivity index (χ1n) is 7.06. The van der Waals surface area contributed by atoms with Crippen LogP contribution >= 0.6 is 0 Å². The maximum Gasteiger partial charge on any atom is 0.160 e. The van der Waals surface area contributed by atoms with Gasteiger partial charge in [-0.3, -0.25) is 4.40 Å². The van der Waals surface area contributed by atoms with Crippen molar-refractivity contribution in [1.29, 1.82) is 0 Å². The molecule has 6 heteroatoms. The molecule has 0 saturated heterocycles. The Hall–Kier alpha value is -1.50. The van der Waals surface area contributed by atoms with Crippen molar-refractivity contribution in [2.24, 2.45) is 5.73 Å². The molecule has 1 atom stereocenters. The zero-order chi connectivity index (χ0) is 14.2. The molecule has 3 N–H and O–H groups in total. The second kappa shape index (κ2) is 7.94. The molecule has 2 aromatic rings. The molecule has 2 heterocycles. The minimum atomic E-state index is 0.350. The fourth-order valence-electron chi connectivity index (χ4n) is 2.26. The summed E-state index contributed by atoms with van der Waals surface area (Å²) in [6.45, 7) is 2.28. The molecule has 0 aromatic carbocycles. The predicted octanol–water partition coefficient (Wildman–Crippen LogP) is 0.615. The highest BCUT2D eigenvalue weighted by Gasteiger charge is 2.09. The molecule has 0 bridgehead atoms. The quantitative estimate of drug-likeness (QED) is 0.702. The summed E-state index contributed by atoms with van der Waals surface area (Å²) in [5.41, 5.74) is 6.44. The Kier molecular flexibility index (Phi) is 5.91. The lowest BCUT2D eigenvalue weighted by Gasteiger charge is -2.17. The van der Waals surface area contributed by atoms with Crippen LogP contribution in [0.1, 0.15) is 18.7 Å². The molecule has 0 aliphatic heterocycles. The van der Waals surface area contributed by atoms with Crippen molar-refractivity contribution >= 4 is 5.65 Å². The van der Waals surface area contributed by atoms with Crippen molar-refractivity contribution in [3.8, 4) is 0 Å². The third-order valence-corrected chi connectivity index (χ3v) is 3.29. The van der Waals surface area contributed by atoms with Gasteiger partial charge in [-0.05, 0) is 31.5 Å². The van der Waals surface area contributed by atoms with E-state index in [1.54, 1.807) is 7.11 Å². The van der Waals surface area contributed by atoms with Crippen molar-refractivity contribution in [1.82, 2.24) is 19.9 Å². The molecule has 110 valence electrons. The van der Waals surface area contributed by atoms with Gasteiger partial charge >= 0.3 is 0 Å². The lowest BCUT2D eigenvalue weighted by molar-refractivity contribution is 0.162. The number of hydrogen-bond donors (Lipinski definition) is 2. The molecule has 0 radical (unpaired) electrons. The van der Waals surface area contributed by atoms with Crippen LogP contribution in [-0.4, -0.2) is 47.4 Å². The first-order valence-corrected chi connectivity index (χ1v) is 7.06. The summed E-state index contributed by atoms with van der Waals surface area (Å²) in [5, 5.41) is 11.9. The fraction of sp³-hybridized carbons (Fsp3) is 0.571. The van der Waals surface area contributed by atoms with Gasteiger partial charge in [0.1, 0.15) is 5.82 Å². The van der Waals surface area contributed by atoms with Gasteiger partial charge in [-0.2, -0.15) is 0 Å². The molecule has 2 aromatic heterocycles. The van der Waals surface area contributed by atoms with E-state index in [1.807, 2.05) is 28.8 Å². The number of aromatic nitrogens is 3. The van der Waals surface area contributed by atoms with Crippen molar-refractivity contribution in [3.05, 3.63) is 30.2 Å². The Bertz CT molecular complexity index is 513. The molecule has 6 nitrogen and oxygen atoms in total. The van der Waals surface area contributed by atoms with Crippen LogP contribution in [0.25, 0.3) is 5.65 Å². The zero-order valence-corrected chi connectivity index (χ0v) is 12.0. The summed E-state index contributed by atoms with van der Waals surface area (Å²) in [6.07, 6.45) is 4.87. The van der Waals surface area contributed by atoms with Crippen molar-refractivity contribution in [2.75, 3.05) is 26.8 Å². The zero-order valence-electron chi connectivity index (χ0n) is 12.0. The van der Waals surface area contributed by atoms with Crippen LogP contribution in [0.5, 0.6) is 0 Å². The lowest BCUT2D eigenvalue weighted by atomic mass is 10.1. The summed E-state index contributed by atoms with van der Waals surface area (Å²) >= 11 is 0. The minimum absolute atomic E-state index is 0.350. The number of ether oxygens (including phenoxy) is 1. The van der Waals surface area contributed by atoms with E-state index >= 15 is 0 Å². The van der Waals surface area contributed by atoms with Crippen molar-refractivity contribution in [3.63, 3.8) is 0 Å².